The molecule has 0 bridgehead atoms. The standard InChI is InChI=1S/C50H95NO10/c1-3-5-7-9-10-11-12-13-14-15-16-17-18-19-20-21-22-27-31-35-43(54)49(59)51-41(38-60-50-48(58)47(57)46(56)44(37-52)61-50)45(55)42(53)34-30-26-24-23-25-29-33-40-36-39(40)32-28-8-6-4-2/h11-12,39-48,50,52-58H,3-10,13-38H2,1-2H3,(H,51,59)/b12-11-/t39-,40+,41+,42-,43+,44-,45+,46-,47+,48-,50-/m1/s1. The minimum Gasteiger partial charge on any atom is -0.394 e. The Bertz CT molecular complexity index is 1060. The molecule has 0 aromatic carbocycles. The van der Waals surface area contributed by atoms with Crippen molar-refractivity contribution in [2.75, 3.05) is 13.2 Å². The number of aliphatic hydroxyl groups is 7. The summed E-state index contributed by atoms with van der Waals surface area (Å²) < 4.78 is 11.1. The van der Waals surface area contributed by atoms with Crippen molar-refractivity contribution in [1.29, 1.82) is 0 Å². The topological polar surface area (TPSA) is 189 Å². The van der Waals surface area contributed by atoms with Gasteiger partial charge in [-0.1, -0.05) is 187 Å². The van der Waals surface area contributed by atoms with Crippen LogP contribution in [-0.4, -0.2) is 110 Å². The summed E-state index contributed by atoms with van der Waals surface area (Å²) in [5.74, 6) is 1.21. The van der Waals surface area contributed by atoms with Crippen LogP contribution in [0, 0.1) is 11.8 Å². The Labute approximate surface area is 371 Å². The number of aliphatic hydroxyl groups excluding tert-OH is 7. The van der Waals surface area contributed by atoms with E-state index in [-0.39, 0.29) is 6.42 Å². The highest BCUT2D eigenvalue weighted by atomic mass is 16.7. The maximum atomic E-state index is 13.1. The van der Waals surface area contributed by atoms with Gasteiger partial charge >= 0.3 is 0 Å². The monoisotopic (exact) mass is 870 g/mol. The predicted octanol–water partition coefficient (Wildman–Crippen LogP) is 8.70. The van der Waals surface area contributed by atoms with Gasteiger partial charge in [0.15, 0.2) is 6.29 Å². The van der Waals surface area contributed by atoms with E-state index in [2.05, 4.69) is 31.3 Å². The highest BCUT2D eigenvalue weighted by Gasteiger charge is 2.44. The number of carbonyl (C=O) groups excluding carboxylic acids is 1. The van der Waals surface area contributed by atoms with Crippen LogP contribution in [0.1, 0.15) is 219 Å². The van der Waals surface area contributed by atoms with Crippen molar-refractivity contribution in [3.05, 3.63) is 12.2 Å². The molecule has 1 saturated carbocycles. The molecule has 0 unspecified atom stereocenters. The fourth-order valence-corrected chi connectivity index (χ4v) is 8.91. The maximum absolute atomic E-state index is 13.1. The molecule has 8 N–H and O–H groups in total. The fraction of sp³-hybridized carbons (Fsp3) is 0.940. The van der Waals surface area contributed by atoms with Crippen LogP contribution in [0.25, 0.3) is 0 Å². The number of allylic oxidation sites excluding steroid dienone is 2. The quantitative estimate of drug-likeness (QED) is 0.0218. The number of carbonyl (C=O) groups is 1. The molecule has 360 valence electrons. The van der Waals surface area contributed by atoms with E-state index in [9.17, 15) is 40.5 Å². The third-order valence-electron chi connectivity index (χ3n) is 13.3. The molecule has 0 aromatic rings. The number of rotatable bonds is 41. The number of ether oxygens (including phenoxy) is 2. The largest absolute Gasteiger partial charge is 0.394 e. The lowest BCUT2D eigenvalue weighted by molar-refractivity contribution is -0.303. The van der Waals surface area contributed by atoms with Crippen LogP contribution in [0.2, 0.25) is 0 Å². The molecule has 1 amide bonds. The molecule has 0 radical (unpaired) electrons. The molecular formula is C50H95NO10. The molecule has 2 fully saturated rings. The van der Waals surface area contributed by atoms with E-state index in [1.165, 1.54) is 141 Å². The third-order valence-corrected chi connectivity index (χ3v) is 13.3. The zero-order valence-electron chi connectivity index (χ0n) is 38.9. The van der Waals surface area contributed by atoms with Gasteiger partial charge in [-0.05, 0) is 56.8 Å². The van der Waals surface area contributed by atoms with Crippen LogP contribution < -0.4 is 5.32 Å². The van der Waals surface area contributed by atoms with Gasteiger partial charge in [-0.15, -0.1) is 0 Å². The summed E-state index contributed by atoms with van der Waals surface area (Å²) in [6.07, 6.45) is 30.1. The first-order valence-corrected chi connectivity index (χ1v) is 25.6. The van der Waals surface area contributed by atoms with Crippen LogP contribution in [-0.2, 0) is 14.3 Å². The summed E-state index contributed by atoms with van der Waals surface area (Å²) in [6.45, 7) is 3.46. The Kier molecular flexibility index (Phi) is 33.1. The van der Waals surface area contributed by atoms with Gasteiger partial charge in [0.05, 0.1) is 25.4 Å². The molecule has 1 aliphatic heterocycles. The van der Waals surface area contributed by atoms with Crippen molar-refractivity contribution in [1.82, 2.24) is 5.32 Å². The summed E-state index contributed by atoms with van der Waals surface area (Å²) in [5, 5.41) is 75.9. The third kappa shape index (κ3) is 25.8. The molecule has 61 heavy (non-hydrogen) atoms. The molecular weight excluding hydrogens is 775 g/mol. The van der Waals surface area contributed by atoms with Gasteiger partial charge in [0.2, 0.25) is 5.91 Å². The first-order valence-electron chi connectivity index (χ1n) is 25.6. The van der Waals surface area contributed by atoms with Gasteiger partial charge in [0.25, 0.3) is 0 Å². The highest BCUT2D eigenvalue weighted by molar-refractivity contribution is 5.80. The molecule has 11 atom stereocenters. The molecule has 11 heteroatoms. The van der Waals surface area contributed by atoms with E-state index in [1.54, 1.807) is 0 Å². The van der Waals surface area contributed by atoms with E-state index < -0.39 is 74.2 Å². The summed E-state index contributed by atoms with van der Waals surface area (Å²) in [5.41, 5.74) is 0. The van der Waals surface area contributed by atoms with E-state index in [4.69, 9.17) is 9.47 Å². The van der Waals surface area contributed by atoms with Gasteiger partial charge in [0, 0.05) is 0 Å². The molecule has 0 spiro atoms. The van der Waals surface area contributed by atoms with E-state index >= 15 is 0 Å². The molecule has 1 heterocycles. The lowest BCUT2D eigenvalue weighted by Crippen LogP contribution is -2.60. The van der Waals surface area contributed by atoms with E-state index in [0.29, 0.717) is 19.3 Å². The van der Waals surface area contributed by atoms with Gasteiger partial charge in [0.1, 0.15) is 36.6 Å². The Morgan fingerprint density at radius 2 is 1.08 bits per heavy atom. The molecule has 11 nitrogen and oxygen atoms in total. The van der Waals surface area contributed by atoms with E-state index in [0.717, 1.165) is 50.4 Å². The van der Waals surface area contributed by atoms with Crippen LogP contribution in [0.15, 0.2) is 12.2 Å². The van der Waals surface area contributed by atoms with Gasteiger partial charge in [-0.25, -0.2) is 0 Å². The first kappa shape index (κ1) is 56.0. The van der Waals surface area contributed by atoms with Crippen molar-refractivity contribution in [2.24, 2.45) is 11.8 Å². The van der Waals surface area contributed by atoms with Crippen molar-refractivity contribution in [2.45, 2.75) is 274 Å². The molecule has 2 rings (SSSR count). The highest BCUT2D eigenvalue weighted by Crippen LogP contribution is 2.45. The van der Waals surface area contributed by atoms with Gasteiger partial charge in [-0.3, -0.25) is 4.79 Å². The zero-order valence-corrected chi connectivity index (χ0v) is 38.9. The normalized spacial score (nSPS) is 24.8. The molecule has 2 aliphatic rings. The van der Waals surface area contributed by atoms with Gasteiger partial charge < -0.3 is 50.5 Å². The van der Waals surface area contributed by atoms with Crippen molar-refractivity contribution < 1.29 is 50.0 Å². The molecule has 1 aliphatic carbocycles. The van der Waals surface area contributed by atoms with Crippen LogP contribution >= 0.6 is 0 Å². The smallest absolute Gasteiger partial charge is 0.249 e. The fourth-order valence-electron chi connectivity index (χ4n) is 8.91. The summed E-state index contributed by atoms with van der Waals surface area (Å²) in [7, 11) is 0. The number of amides is 1. The average Bonchev–Trinajstić information content (AvgIpc) is 4.02. The first-order chi connectivity index (χ1) is 29.6. The van der Waals surface area contributed by atoms with E-state index in [1.807, 2.05) is 0 Å². The number of hydrogen-bond acceptors (Lipinski definition) is 10. The minimum atomic E-state index is -1.66. The number of hydrogen-bond donors (Lipinski definition) is 8. The average molecular weight is 870 g/mol. The van der Waals surface area contributed by atoms with Crippen molar-refractivity contribution in [3.63, 3.8) is 0 Å². The summed E-state index contributed by atoms with van der Waals surface area (Å²) in [6, 6.07) is -1.16. The molecule has 1 saturated heterocycles. The van der Waals surface area contributed by atoms with Crippen LogP contribution in [0.4, 0.5) is 0 Å². The lowest BCUT2D eigenvalue weighted by Gasteiger charge is -2.40. The Morgan fingerprint density at radius 1 is 0.623 bits per heavy atom. The SMILES string of the molecule is CCCCCC/C=C\CCCCCCCCCCCCC[C@H](O)C(=O)N[C@@H](CO[C@@H]1O[C@H](CO)[C@@H](O)[C@H](O)[C@H]1O)[C@H](O)[C@H](O)CCCCCCCC[C@H]1C[C@H]1CCCCCC. The zero-order chi connectivity index (χ0) is 44.5. The van der Waals surface area contributed by atoms with Crippen molar-refractivity contribution >= 4 is 5.91 Å². The second-order valence-electron chi connectivity index (χ2n) is 18.8. The van der Waals surface area contributed by atoms with Crippen LogP contribution in [0.5, 0.6) is 0 Å². The lowest BCUT2D eigenvalue weighted by atomic mass is 9.98. The predicted molar refractivity (Wildman–Crippen MR) is 245 cm³/mol. The Hall–Kier alpha value is -1.15. The maximum Gasteiger partial charge on any atom is 0.249 e. The molecule has 0 aromatic heterocycles. The number of nitrogens with one attached hydrogen (secondary N) is 1. The van der Waals surface area contributed by atoms with Crippen molar-refractivity contribution in [3.8, 4) is 0 Å². The minimum absolute atomic E-state index is 0.263. The van der Waals surface area contributed by atoms with Gasteiger partial charge in [-0.2, -0.15) is 0 Å². The Morgan fingerprint density at radius 3 is 1.61 bits per heavy atom. The second-order valence-corrected chi connectivity index (χ2v) is 18.8. The Balaban J connectivity index is 1.66. The summed E-state index contributed by atoms with van der Waals surface area (Å²) in [4.78, 5) is 13.1. The summed E-state index contributed by atoms with van der Waals surface area (Å²) >= 11 is 0. The van der Waals surface area contributed by atoms with Crippen LogP contribution in [0.3, 0.4) is 0 Å². The second kappa shape index (κ2) is 36.1. The number of unbranched alkanes of at least 4 members (excludes halogenated alkanes) is 23.